The van der Waals surface area contributed by atoms with Crippen LogP contribution in [0.5, 0.6) is 0 Å². The van der Waals surface area contributed by atoms with Gasteiger partial charge in [-0.1, -0.05) is 22.0 Å². The molecule has 0 aromatic heterocycles. The van der Waals surface area contributed by atoms with Gasteiger partial charge in [0.2, 0.25) is 0 Å². The molecule has 0 saturated heterocycles. The molecule has 18 heavy (non-hydrogen) atoms. The van der Waals surface area contributed by atoms with Crippen molar-refractivity contribution >= 4 is 31.9 Å². The van der Waals surface area contributed by atoms with E-state index in [0.29, 0.717) is 14.5 Å². The molecule has 2 aromatic carbocycles. The zero-order valence-corrected chi connectivity index (χ0v) is 12.2. The first-order valence-electron chi connectivity index (χ1n) is 5.07. The van der Waals surface area contributed by atoms with Crippen LogP contribution in [0.1, 0.15) is 17.2 Å². The lowest BCUT2D eigenvalue weighted by atomic mass is 10.0. The first-order chi connectivity index (χ1) is 8.49. The van der Waals surface area contributed by atoms with Crippen LogP contribution in [0, 0.1) is 11.6 Å². The van der Waals surface area contributed by atoms with E-state index in [4.69, 9.17) is 0 Å². The van der Waals surface area contributed by atoms with Crippen molar-refractivity contribution in [1.29, 1.82) is 0 Å². The van der Waals surface area contributed by atoms with Gasteiger partial charge in [-0.25, -0.2) is 8.78 Å². The Labute approximate surface area is 120 Å². The molecule has 0 aliphatic carbocycles. The number of aliphatic hydroxyl groups is 1. The van der Waals surface area contributed by atoms with Crippen LogP contribution >= 0.6 is 31.9 Å². The van der Waals surface area contributed by atoms with Crippen molar-refractivity contribution in [2.24, 2.45) is 0 Å². The second kappa shape index (κ2) is 5.47. The highest BCUT2D eigenvalue weighted by Gasteiger charge is 2.16. The smallest absolute Gasteiger partial charge is 0.137 e. The second-order valence-corrected chi connectivity index (χ2v) is 5.51. The minimum atomic E-state index is -1.20. The Morgan fingerprint density at radius 2 is 1.67 bits per heavy atom. The van der Waals surface area contributed by atoms with Crippen LogP contribution in [-0.2, 0) is 0 Å². The largest absolute Gasteiger partial charge is 0.384 e. The van der Waals surface area contributed by atoms with Crippen molar-refractivity contribution in [3.05, 3.63) is 68.1 Å². The van der Waals surface area contributed by atoms with E-state index < -0.39 is 17.7 Å². The molecule has 0 radical (unpaired) electrons. The summed E-state index contributed by atoms with van der Waals surface area (Å²) in [6.07, 6.45) is -1.20. The van der Waals surface area contributed by atoms with Crippen molar-refractivity contribution < 1.29 is 13.9 Å². The summed E-state index contributed by atoms with van der Waals surface area (Å²) in [7, 11) is 0. The number of benzene rings is 2. The topological polar surface area (TPSA) is 20.2 Å². The number of rotatable bonds is 2. The Morgan fingerprint density at radius 1 is 0.944 bits per heavy atom. The molecule has 0 saturated carbocycles. The van der Waals surface area contributed by atoms with Crippen LogP contribution in [0.25, 0.3) is 0 Å². The minimum absolute atomic E-state index is 0.103. The van der Waals surface area contributed by atoms with Crippen molar-refractivity contribution in [1.82, 2.24) is 0 Å². The molecule has 0 spiro atoms. The van der Waals surface area contributed by atoms with E-state index in [1.54, 1.807) is 0 Å². The Balaban J connectivity index is 2.44. The standard InChI is InChI=1S/C13H8Br2F2O/c14-8-2-4-11(16)9(6-8)13(18)7-1-3-10(15)12(17)5-7/h1-6,13,18H. The highest BCUT2D eigenvalue weighted by atomic mass is 79.9. The van der Waals surface area contributed by atoms with Gasteiger partial charge in [0.1, 0.15) is 17.7 Å². The van der Waals surface area contributed by atoms with Crippen molar-refractivity contribution in [3.63, 3.8) is 0 Å². The molecule has 0 aliphatic rings. The highest BCUT2D eigenvalue weighted by molar-refractivity contribution is 9.10. The Hall–Kier alpha value is -0.780. The summed E-state index contributed by atoms with van der Waals surface area (Å²) in [6.45, 7) is 0. The summed E-state index contributed by atoms with van der Waals surface area (Å²) in [5.41, 5.74) is 0.402. The van der Waals surface area contributed by atoms with Gasteiger partial charge in [0, 0.05) is 10.0 Å². The maximum absolute atomic E-state index is 13.6. The van der Waals surface area contributed by atoms with E-state index in [1.807, 2.05) is 0 Å². The average Bonchev–Trinajstić information content (AvgIpc) is 2.35. The zero-order valence-electron chi connectivity index (χ0n) is 9.00. The third-order valence-electron chi connectivity index (χ3n) is 2.51. The predicted octanol–water partition coefficient (Wildman–Crippen LogP) is 4.57. The number of hydrogen-bond acceptors (Lipinski definition) is 1. The fourth-order valence-electron chi connectivity index (χ4n) is 1.59. The lowest BCUT2D eigenvalue weighted by Crippen LogP contribution is -2.03. The van der Waals surface area contributed by atoms with Crippen molar-refractivity contribution in [2.75, 3.05) is 0 Å². The average molecular weight is 378 g/mol. The van der Waals surface area contributed by atoms with Gasteiger partial charge in [-0.2, -0.15) is 0 Å². The third-order valence-corrected chi connectivity index (χ3v) is 3.65. The summed E-state index contributed by atoms with van der Waals surface area (Å²) >= 11 is 6.23. The summed E-state index contributed by atoms with van der Waals surface area (Å²) in [6, 6.07) is 8.45. The molecule has 0 fully saturated rings. The molecule has 1 atom stereocenters. The quantitative estimate of drug-likeness (QED) is 0.812. The fourth-order valence-corrected chi connectivity index (χ4v) is 2.21. The molecule has 0 aliphatic heterocycles. The van der Waals surface area contributed by atoms with E-state index in [9.17, 15) is 13.9 Å². The summed E-state index contributed by atoms with van der Waals surface area (Å²) in [4.78, 5) is 0. The van der Waals surface area contributed by atoms with Gasteiger partial charge in [-0.05, 0) is 51.8 Å². The minimum Gasteiger partial charge on any atom is -0.384 e. The first kappa shape index (κ1) is 13.6. The molecular formula is C13H8Br2F2O. The molecule has 1 unspecified atom stereocenters. The van der Waals surface area contributed by atoms with Gasteiger partial charge in [-0.3, -0.25) is 0 Å². The number of aliphatic hydroxyl groups excluding tert-OH is 1. The lowest BCUT2D eigenvalue weighted by molar-refractivity contribution is 0.214. The zero-order chi connectivity index (χ0) is 13.3. The van der Waals surface area contributed by atoms with Crippen LogP contribution in [0.3, 0.4) is 0 Å². The summed E-state index contributed by atoms with van der Waals surface area (Å²) in [5.74, 6) is -1.03. The predicted molar refractivity (Wildman–Crippen MR) is 72.3 cm³/mol. The molecular weight excluding hydrogens is 370 g/mol. The Bertz CT molecular complexity index is 587. The fraction of sp³-hybridized carbons (Fsp3) is 0.0769. The van der Waals surface area contributed by atoms with E-state index in [-0.39, 0.29) is 5.56 Å². The normalized spacial score (nSPS) is 12.5. The molecule has 0 amide bonds. The number of hydrogen-bond donors (Lipinski definition) is 1. The number of halogens is 4. The van der Waals surface area contributed by atoms with Gasteiger partial charge < -0.3 is 5.11 Å². The van der Waals surface area contributed by atoms with Crippen LogP contribution < -0.4 is 0 Å². The molecule has 2 aromatic rings. The van der Waals surface area contributed by atoms with Gasteiger partial charge in [-0.15, -0.1) is 0 Å². The maximum atomic E-state index is 13.6. The van der Waals surface area contributed by atoms with Crippen LogP contribution in [0.15, 0.2) is 45.3 Å². The molecule has 0 bridgehead atoms. The van der Waals surface area contributed by atoms with E-state index in [0.717, 1.165) is 0 Å². The van der Waals surface area contributed by atoms with Gasteiger partial charge >= 0.3 is 0 Å². The van der Waals surface area contributed by atoms with Crippen LogP contribution in [0.4, 0.5) is 8.78 Å². The maximum Gasteiger partial charge on any atom is 0.137 e. The molecule has 1 N–H and O–H groups in total. The van der Waals surface area contributed by atoms with E-state index in [1.165, 1.54) is 36.4 Å². The molecule has 2 rings (SSSR count). The SMILES string of the molecule is OC(c1ccc(Br)c(F)c1)c1cc(Br)ccc1F. The monoisotopic (exact) mass is 376 g/mol. The van der Waals surface area contributed by atoms with E-state index >= 15 is 0 Å². The van der Waals surface area contributed by atoms with Gasteiger partial charge in [0.15, 0.2) is 0 Å². The molecule has 1 nitrogen and oxygen atoms in total. The summed E-state index contributed by atoms with van der Waals surface area (Å²) in [5, 5.41) is 10.1. The van der Waals surface area contributed by atoms with Crippen molar-refractivity contribution in [3.8, 4) is 0 Å². The second-order valence-electron chi connectivity index (χ2n) is 3.74. The van der Waals surface area contributed by atoms with Crippen LogP contribution in [-0.4, -0.2) is 5.11 Å². The van der Waals surface area contributed by atoms with Crippen molar-refractivity contribution in [2.45, 2.75) is 6.10 Å². The van der Waals surface area contributed by atoms with Crippen LogP contribution in [0.2, 0.25) is 0 Å². The van der Waals surface area contributed by atoms with E-state index in [2.05, 4.69) is 31.9 Å². The summed E-state index contributed by atoms with van der Waals surface area (Å²) < 4.78 is 27.9. The Kier molecular flexibility index (Phi) is 4.14. The lowest BCUT2D eigenvalue weighted by Gasteiger charge is -2.13. The van der Waals surface area contributed by atoms with Gasteiger partial charge in [0.25, 0.3) is 0 Å². The van der Waals surface area contributed by atoms with Gasteiger partial charge in [0.05, 0.1) is 4.47 Å². The third kappa shape index (κ3) is 2.79. The molecule has 94 valence electrons. The molecule has 0 heterocycles. The molecule has 5 heteroatoms. The Morgan fingerprint density at radius 3 is 2.33 bits per heavy atom. The highest BCUT2D eigenvalue weighted by Crippen LogP contribution is 2.28. The first-order valence-corrected chi connectivity index (χ1v) is 6.65.